The molecule has 0 aromatic rings. The first-order valence-electron chi connectivity index (χ1n) is 5.24. The third kappa shape index (κ3) is 2.92. The van der Waals surface area contributed by atoms with Gasteiger partial charge >= 0.3 is 0 Å². The molecule has 4 N–H and O–H groups in total. The second kappa shape index (κ2) is 4.61. The van der Waals surface area contributed by atoms with E-state index in [4.69, 9.17) is 11.5 Å². The van der Waals surface area contributed by atoms with Gasteiger partial charge in [-0.25, -0.2) is 4.99 Å². The van der Waals surface area contributed by atoms with Gasteiger partial charge in [0.2, 0.25) is 0 Å². The summed E-state index contributed by atoms with van der Waals surface area (Å²) in [6.45, 7) is 4.59. The van der Waals surface area contributed by atoms with Crippen LogP contribution < -0.4 is 11.5 Å². The van der Waals surface area contributed by atoms with Crippen molar-refractivity contribution in [3.63, 3.8) is 0 Å². The van der Waals surface area contributed by atoms with Gasteiger partial charge in [-0.1, -0.05) is 13.8 Å². The zero-order valence-electron chi connectivity index (χ0n) is 9.60. The van der Waals surface area contributed by atoms with Crippen molar-refractivity contribution < 1.29 is 4.79 Å². The van der Waals surface area contributed by atoms with E-state index in [-0.39, 0.29) is 29.7 Å². The SMILES string of the molecule is CC(C)C(=O)C1CC(N=C(N)N)CN1C. The average Bonchev–Trinajstić information content (AvgIpc) is 2.44. The van der Waals surface area contributed by atoms with Crippen LogP contribution in [0.5, 0.6) is 0 Å². The van der Waals surface area contributed by atoms with Gasteiger partial charge < -0.3 is 11.5 Å². The second-order valence-corrected chi connectivity index (χ2v) is 4.46. The Kier molecular flexibility index (Phi) is 3.68. The van der Waals surface area contributed by atoms with Crippen molar-refractivity contribution in [3.05, 3.63) is 0 Å². The van der Waals surface area contributed by atoms with Crippen LogP contribution in [0.2, 0.25) is 0 Å². The quantitative estimate of drug-likeness (QED) is 0.490. The lowest BCUT2D eigenvalue weighted by molar-refractivity contribution is -0.125. The molecule has 1 rings (SSSR count). The van der Waals surface area contributed by atoms with Crippen LogP contribution in [-0.4, -0.2) is 42.3 Å². The summed E-state index contributed by atoms with van der Waals surface area (Å²) >= 11 is 0. The lowest BCUT2D eigenvalue weighted by atomic mass is 9.99. The van der Waals surface area contributed by atoms with Crippen LogP contribution >= 0.6 is 0 Å². The number of nitrogens with two attached hydrogens (primary N) is 2. The molecule has 2 unspecified atom stereocenters. The minimum atomic E-state index is -0.0295. The van der Waals surface area contributed by atoms with E-state index in [1.807, 2.05) is 25.8 Å². The van der Waals surface area contributed by atoms with E-state index in [1.165, 1.54) is 0 Å². The number of hydrogen-bond acceptors (Lipinski definition) is 3. The van der Waals surface area contributed by atoms with Crippen LogP contribution in [0.4, 0.5) is 0 Å². The number of carbonyl (C=O) groups excluding carboxylic acids is 1. The highest BCUT2D eigenvalue weighted by molar-refractivity contribution is 5.86. The molecule has 0 bridgehead atoms. The fraction of sp³-hybridized carbons (Fsp3) is 0.800. The lowest BCUT2D eigenvalue weighted by Crippen LogP contribution is -2.35. The summed E-state index contributed by atoms with van der Waals surface area (Å²) in [7, 11) is 1.94. The number of carbonyl (C=O) groups is 1. The van der Waals surface area contributed by atoms with Gasteiger partial charge in [0.1, 0.15) is 0 Å². The summed E-state index contributed by atoms with van der Waals surface area (Å²) in [5.41, 5.74) is 10.6. The van der Waals surface area contributed by atoms with Crippen LogP contribution in [0.1, 0.15) is 20.3 Å². The van der Waals surface area contributed by atoms with E-state index in [0.29, 0.717) is 0 Å². The van der Waals surface area contributed by atoms with Gasteiger partial charge in [-0.05, 0) is 13.5 Å². The molecule has 86 valence electrons. The predicted molar refractivity (Wildman–Crippen MR) is 60.5 cm³/mol. The number of aliphatic imine (C=N–C) groups is 1. The van der Waals surface area contributed by atoms with Crippen molar-refractivity contribution in [2.45, 2.75) is 32.4 Å². The minimum Gasteiger partial charge on any atom is -0.370 e. The zero-order valence-corrected chi connectivity index (χ0v) is 9.60. The molecule has 2 atom stereocenters. The van der Waals surface area contributed by atoms with E-state index in [9.17, 15) is 4.79 Å². The van der Waals surface area contributed by atoms with E-state index in [1.54, 1.807) is 0 Å². The zero-order chi connectivity index (χ0) is 11.6. The van der Waals surface area contributed by atoms with Crippen molar-refractivity contribution in [2.75, 3.05) is 13.6 Å². The molecule has 15 heavy (non-hydrogen) atoms. The molecule has 1 aliphatic rings. The van der Waals surface area contributed by atoms with Crippen LogP contribution in [-0.2, 0) is 4.79 Å². The molecule has 0 aromatic carbocycles. The number of guanidine groups is 1. The smallest absolute Gasteiger partial charge is 0.186 e. The first-order chi connectivity index (χ1) is 6.91. The molecule has 1 aliphatic heterocycles. The number of hydrogen-bond donors (Lipinski definition) is 2. The Bertz CT molecular complexity index is 271. The molecule has 0 aliphatic carbocycles. The standard InChI is InChI=1S/C10H20N4O/c1-6(2)9(15)8-4-7(5-14(8)3)13-10(11)12/h6-8H,4-5H2,1-3H3,(H4,11,12,13). The maximum atomic E-state index is 11.8. The molecule has 0 saturated carbocycles. The summed E-state index contributed by atoms with van der Waals surface area (Å²) in [4.78, 5) is 18.0. The fourth-order valence-corrected chi connectivity index (χ4v) is 1.99. The molecule has 5 heteroatoms. The Labute approximate surface area is 90.5 Å². The molecule has 1 heterocycles. The third-order valence-corrected chi connectivity index (χ3v) is 2.76. The van der Waals surface area contributed by atoms with Gasteiger partial charge in [-0.2, -0.15) is 0 Å². The average molecular weight is 212 g/mol. The van der Waals surface area contributed by atoms with Crippen molar-refractivity contribution >= 4 is 11.7 Å². The summed E-state index contributed by atoms with van der Waals surface area (Å²) in [5, 5.41) is 0. The second-order valence-electron chi connectivity index (χ2n) is 4.46. The van der Waals surface area contributed by atoms with Crippen LogP contribution in [0, 0.1) is 5.92 Å². The topological polar surface area (TPSA) is 84.7 Å². The largest absolute Gasteiger partial charge is 0.370 e. The molecular weight excluding hydrogens is 192 g/mol. The third-order valence-electron chi connectivity index (χ3n) is 2.76. The molecule has 0 amide bonds. The van der Waals surface area contributed by atoms with E-state index >= 15 is 0 Å². The van der Waals surface area contributed by atoms with Crippen molar-refractivity contribution in [3.8, 4) is 0 Å². The van der Waals surface area contributed by atoms with Gasteiger partial charge in [0.05, 0.1) is 12.1 Å². The molecule has 1 fully saturated rings. The van der Waals surface area contributed by atoms with Crippen molar-refractivity contribution in [1.29, 1.82) is 0 Å². The van der Waals surface area contributed by atoms with Gasteiger partial charge in [0, 0.05) is 12.5 Å². The fourth-order valence-electron chi connectivity index (χ4n) is 1.99. The molecule has 5 nitrogen and oxygen atoms in total. The highest BCUT2D eigenvalue weighted by Crippen LogP contribution is 2.21. The Morgan fingerprint density at radius 3 is 2.53 bits per heavy atom. The van der Waals surface area contributed by atoms with Crippen molar-refractivity contribution in [1.82, 2.24) is 4.90 Å². The predicted octanol–water partition coefficient (Wildman–Crippen LogP) is -0.442. The van der Waals surface area contributed by atoms with Crippen LogP contribution in [0.15, 0.2) is 4.99 Å². The summed E-state index contributed by atoms with van der Waals surface area (Å²) in [5.74, 6) is 0.437. The van der Waals surface area contributed by atoms with E-state index < -0.39 is 0 Å². The van der Waals surface area contributed by atoms with E-state index in [0.717, 1.165) is 13.0 Å². The Hall–Kier alpha value is -1.10. The molecule has 1 saturated heterocycles. The summed E-state index contributed by atoms with van der Waals surface area (Å²) in [6, 6.07) is 0.0331. The Balaban J connectivity index is 2.64. The molecule has 0 radical (unpaired) electrons. The number of likely N-dealkylation sites (tertiary alicyclic amines) is 1. The minimum absolute atomic E-state index is 0.0295. The monoisotopic (exact) mass is 212 g/mol. The van der Waals surface area contributed by atoms with Crippen LogP contribution in [0.25, 0.3) is 0 Å². The molecule has 0 spiro atoms. The van der Waals surface area contributed by atoms with Gasteiger partial charge in [-0.15, -0.1) is 0 Å². The van der Waals surface area contributed by atoms with Gasteiger partial charge in [-0.3, -0.25) is 9.69 Å². The Morgan fingerprint density at radius 1 is 1.47 bits per heavy atom. The lowest BCUT2D eigenvalue weighted by Gasteiger charge is -2.19. The number of likely N-dealkylation sites (N-methyl/N-ethyl adjacent to an activating group) is 1. The van der Waals surface area contributed by atoms with E-state index in [2.05, 4.69) is 4.99 Å². The number of Topliss-reactive ketones (excluding diaryl/α,β-unsaturated/α-hetero) is 1. The Morgan fingerprint density at radius 2 is 2.07 bits per heavy atom. The highest BCUT2D eigenvalue weighted by Gasteiger charge is 2.35. The first-order valence-corrected chi connectivity index (χ1v) is 5.24. The van der Waals surface area contributed by atoms with Crippen molar-refractivity contribution in [2.24, 2.45) is 22.4 Å². The number of rotatable bonds is 3. The molecule has 0 aromatic heterocycles. The van der Waals surface area contributed by atoms with Gasteiger partial charge in [0.15, 0.2) is 11.7 Å². The summed E-state index contributed by atoms with van der Waals surface area (Å²) in [6.07, 6.45) is 0.728. The maximum Gasteiger partial charge on any atom is 0.186 e. The molecular formula is C10H20N4O. The van der Waals surface area contributed by atoms with Crippen LogP contribution in [0.3, 0.4) is 0 Å². The number of nitrogens with zero attached hydrogens (tertiary/aromatic N) is 2. The summed E-state index contributed by atoms with van der Waals surface area (Å²) < 4.78 is 0. The first kappa shape index (κ1) is 12.0. The number of ketones is 1. The maximum absolute atomic E-state index is 11.8. The van der Waals surface area contributed by atoms with Gasteiger partial charge in [0.25, 0.3) is 0 Å². The highest BCUT2D eigenvalue weighted by atomic mass is 16.1. The normalized spacial score (nSPS) is 26.9.